The maximum atomic E-state index is 4.27. The molecule has 2 heterocycles. The Labute approximate surface area is 99.1 Å². The van der Waals surface area contributed by atoms with Gasteiger partial charge in [0.25, 0.3) is 0 Å². The van der Waals surface area contributed by atoms with Crippen LogP contribution in [-0.2, 0) is 12.8 Å². The third kappa shape index (κ3) is 2.55. The zero-order valence-corrected chi connectivity index (χ0v) is 10.2. The van der Waals surface area contributed by atoms with E-state index in [9.17, 15) is 0 Å². The number of nitrogens with zero attached hydrogens (tertiary/aromatic N) is 3. The predicted molar refractivity (Wildman–Crippen MR) is 66.6 cm³/mol. The molecule has 0 fully saturated rings. The summed E-state index contributed by atoms with van der Waals surface area (Å²) in [5.74, 6) is 1.78. The van der Waals surface area contributed by atoms with Crippen LogP contribution in [0, 0.1) is 0 Å². The maximum absolute atomic E-state index is 4.27. The summed E-state index contributed by atoms with van der Waals surface area (Å²) in [5, 5.41) is 4.02. The van der Waals surface area contributed by atoms with E-state index in [2.05, 4.69) is 21.4 Å². The van der Waals surface area contributed by atoms with Gasteiger partial charge in [0.1, 0.15) is 5.82 Å². The molecule has 0 amide bonds. The summed E-state index contributed by atoms with van der Waals surface area (Å²) in [5.41, 5.74) is 1.20. The first-order chi connectivity index (χ1) is 7.79. The van der Waals surface area contributed by atoms with Gasteiger partial charge in [0.15, 0.2) is 5.16 Å². The van der Waals surface area contributed by atoms with Crippen LogP contribution in [0.1, 0.15) is 5.56 Å². The molecule has 0 saturated carbocycles. The van der Waals surface area contributed by atoms with Gasteiger partial charge in [-0.25, -0.2) is 9.97 Å². The Bertz CT molecular complexity index is 449. The minimum atomic E-state index is 0.891. The van der Waals surface area contributed by atoms with E-state index in [1.165, 1.54) is 5.56 Å². The van der Waals surface area contributed by atoms with E-state index in [0.717, 1.165) is 16.7 Å². The van der Waals surface area contributed by atoms with Crippen molar-refractivity contribution in [3.05, 3.63) is 36.3 Å². The van der Waals surface area contributed by atoms with Gasteiger partial charge in [-0.15, -0.1) is 0 Å². The van der Waals surface area contributed by atoms with Crippen molar-refractivity contribution >= 4 is 17.6 Å². The van der Waals surface area contributed by atoms with Crippen molar-refractivity contribution in [1.82, 2.24) is 14.5 Å². The molecule has 0 radical (unpaired) electrons. The molecule has 0 unspecified atom stereocenters. The normalized spacial score (nSPS) is 10.4. The first kappa shape index (κ1) is 11.0. The zero-order chi connectivity index (χ0) is 11.4. The number of aryl methyl sites for hydroxylation is 1. The monoisotopic (exact) mass is 234 g/mol. The van der Waals surface area contributed by atoms with Crippen LogP contribution >= 0.6 is 11.8 Å². The number of rotatable bonds is 4. The van der Waals surface area contributed by atoms with Crippen LogP contribution in [0.3, 0.4) is 0 Å². The molecule has 2 rings (SSSR count). The molecule has 5 heteroatoms. The number of anilines is 1. The standard InChI is InChI=1S/C11H14N4S/c1-12-10-4-3-9(7-14-10)8-16-11-13-5-6-15(11)2/h3-7H,8H2,1-2H3,(H,12,14). The van der Waals surface area contributed by atoms with Gasteiger partial charge in [0.05, 0.1) is 0 Å². The van der Waals surface area contributed by atoms with Crippen molar-refractivity contribution in [2.24, 2.45) is 7.05 Å². The van der Waals surface area contributed by atoms with Gasteiger partial charge < -0.3 is 9.88 Å². The van der Waals surface area contributed by atoms with Crippen LogP contribution in [0.25, 0.3) is 0 Å². The van der Waals surface area contributed by atoms with Gasteiger partial charge in [-0.3, -0.25) is 0 Å². The largest absolute Gasteiger partial charge is 0.373 e. The van der Waals surface area contributed by atoms with Gasteiger partial charge in [-0.1, -0.05) is 17.8 Å². The smallest absolute Gasteiger partial charge is 0.167 e. The minimum absolute atomic E-state index is 0.891. The molecular formula is C11H14N4S. The molecule has 0 saturated heterocycles. The van der Waals surface area contributed by atoms with E-state index in [4.69, 9.17) is 0 Å². The van der Waals surface area contributed by atoms with E-state index in [1.807, 2.05) is 43.3 Å². The van der Waals surface area contributed by atoms with Crippen LogP contribution < -0.4 is 5.32 Å². The third-order valence-electron chi connectivity index (χ3n) is 2.23. The number of pyridine rings is 1. The number of imidazole rings is 1. The molecule has 0 aliphatic rings. The molecule has 1 N–H and O–H groups in total. The lowest BCUT2D eigenvalue weighted by molar-refractivity contribution is 0.790. The van der Waals surface area contributed by atoms with E-state index < -0.39 is 0 Å². The summed E-state index contributed by atoms with van der Waals surface area (Å²) in [6.07, 6.45) is 5.65. The van der Waals surface area contributed by atoms with Crippen molar-refractivity contribution < 1.29 is 0 Å². The van der Waals surface area contributed by atoms with E-state index in [1.54, 1.807) is 11.8 Å². The van der Waals surface area contributed by atoms with Crippen molar-refractivity contribution in [1.29, 1.82) is 0 Å². The lowest BCUT2D eigenvalue weighted by Gasteiger charge is -2.03. The van der Waals surface area contributed by atoms with E-state index in [0.29, 0.717) is 0 Å². The molecule has 0 aliphatic heterocycles. The third-order valence-corrected chi connectivity index (χ3v) is 3.36. The van der Waals surface area contributed by atoms with Gasteiger partial charge in [0, 0.05) is 38.4 Å². The Morgan fingerprint density at radius 1 is 1.38 bits per heavy atom. The van der Waals surface area contributed by atoms with Gasteiger partial charge in [0.2, 0.25) is 0 Å². The van der Waals surface area contributed by atoms with E-state index in [-0.39, 0.29) is 0 Å². The quantitative estimate of drug-likeness (QED) is 0.823. The van der Waals surface area contributed by atoms with Crippen LogP contribution in [0.5, 0.6) is 0 Å². The molecule has 4 nitrogen and oxygen atoms in total. The number of thioether (sulfide) groups is 1. The highest BCUT2D eigenvalue weighted by molar-refractivity contribution is 7.98. The van der Waals surface area contributed by atoms with Crippen LogP contribution in [0.15, 0.2) is 35.9 Å². The van der Waals surface area contributed by atoms with E-state index >= 15 is 0 Å². The van der Waals surface area contributed by atoms with Crippen molar-refractivity contribution in [2.75, 3.05) is 12.4 Å². The highest BCUT2D eigenvalue weighted by Gasteiger charge is 2.01. The summed E-state index contributed by atoms with van der Waals surface area (Å²) in [6, 6.07) is 4.06. The summed E-state index contributed by atoms with van der Waals surface area (Å²) >= 11 is 1.71. The molecular weight excluding hydrogens is 220 g/mol. The fraction of sp³-hybridized carbons (Fsp3) is 0.273. The molecule has 0 aliphatic carbocycles. The summed E-state index contributed by atoms with van der Waals surface area (Å²) in [6.45, 7) is 0. The Morgan fingerprint density at radius 2 is 2.25 bits per heavy atom. The van der Waals surface area contributed by atoms with Crippen molar-refractivity contribution in [2.45, 2.75) is 10.9 Å². The lowest BCUT2D eigenvalue weighted by Crippen LogP contribution is -1.93. The lowest BCUT2D eigenvalue weighted by atomic mass is 10.3. The van der Waals surface area contributed by atoms with Crippen LogP contribution in [0.2, 0.25) is 0 Å². The first-order valence-electron chi connectivity index (χ1n) is 5.02. The molecule has 0 aromatic carbocycles. The maximum Gasteiger partial charge on any atom is 0.167 e. The molecule has 16 heavy (non-hydrogen) atoms. The molecule has 2 aromatic heterocycles. The highest BCUT2D eigenvalue weighted by Crippen LogP contribution is 2.20. The molecule has 84 valence electrons. The second kappa shape index (κ2) is 5.03. The average Bonchev–Trinajstić information content (AvgIpc) is 2.73. The molecule has 0 spiro atoms. The second-order valence-electron chi connectivity index (χ2n) is 3.41. The van der Waals surface area contributed by atoms with Crippen LogP contribution in [-0.4, -0.2) is 21.6 Å². The first-order valence-corrected chi connectivity index (χ1v) is 6.01. The number of hydrogen-bond acceptors (Lipinski definition) is 4. The fourth-order valence-corrected chi connectivity index (χ4v) is 2.16. The summed E-state index contributed by atoms with van der Waals surface area (Å²) in [7, 11) is 3.86. The van der Waals surface area contributed by atoms with Crippen molar-refractivity contribution in [3.63, 3.8) is 0 Å². The van der Waals surface area contributed by atoms with Gasteiger partial charge >= 0.3 is 0 Å². The van der Waals surface area contributed by atoms with Crippen LogP contribution in [0.4, 0.5) is 5.82 Å². The Hall–Kier alpha value is -1.49. The molecule has 2 aromatic rings. The Kier molecular flexibility index (Phi) is 3.46. The SMILES string of the molecule is CNc1ccc(CSc2nccn2C)cn1. The minimum Gasteiger partial charge on any atom is -0.373 e. The van der Waals surface area contributed by atoms with Gasteiger partial charge in [-0.2, -0.15) is 0 Å². The Morgan fingerprint density at radius 3 is 2.81 bits per heavy atom. The predicted octanol–water partition coefficient (Wildman–Crippen LogP) is 2.15. The molecule has 0 bridgehead atoms. The fourth-order valence-electron chi connectivity index (χ4n) is 1.30. The second-order valence-corrected chi connectivity index (χ2v) is 4.35. The van der Waals surface area contributed by atoms with Gasteiger partial charge in [-0.05, 0) is 11.6 Å². The average molecular weight is 234 g/mol. The number of nitrogens with one attached hydrogen (secondary N) is 1. The molecule has 0 atom stereocenters. The summed E-state index contributed by atoms with van der Waals surface area (Å²) < 4.78 is 2.01. The summed E-state index contributed by atoms with van der Waals surface area (Å²) in [4.78, 5) is 8.53. The number of aromatic nitrogens is 3. The topological polar surface area (TPSA) is 42.7 Å². The highest BCUT2D eigenvalue weighted by atomic mass is 32.2. The zero-order valence-electron chi connectivity index (χ0n) is 9.34. The Balaban J connectivity index is 1.97. The number of hydrogen-bond donors (Lipinski definition) is 1. The van der Waals surface area contributed by atoms with Crippen molar-refractivity contribution in [3.8, 4) is 0 Å².